The molecule has 0 amide bonds. The molecule has 1 aromatic rings. The van der Waals surface area contributed by atoms with E-state index in [1.807, 2.05) is 0 Å². The number of benzene rings is 1. The molecule has 0 aliphatic heterocycles. The minimum atomic E-state index is -0.571. The van der Waals surface area contributed by atoms with Gasteiger partial charge in [0.2, 0.25) is 5.30 Å². The number of phenols is 1. The topological polar surface area (TPSA) is 37.3 Å². The zero-order valence-corrected chi connectivity index (χ0v) is 5.66. The van der Waals surface area contributed by atoms with Gasteiger partial charge in [-0.2, -0.15) is 0 Å². The number of para-hydroxylation sites is 1. The molecule has 0 aromatic heterocycles. The Kier molecular flexibility index (Phi) is 1.81. The van der Waals surface area contributed by atoms with E-state index in [9.17, 15) is 4.57 Å². The summed E-state index contributed by atoms with van der Waals surface area (Å²) in [6.07, 6.45) is 0. The van der Waals surface area contributed by atoms with Crippen molar-refractivity contribution in [3.8, 4) is 5.75 Å². The number of hydrogen-bond donors (Lipinski definition) is 1. The van der Waals surface area contributed by atoms with Gasteiger partial charge in [-0.3, -0.25) is 0 Å². The van der Waals surface area contributed by atoms with E-state index in [0.717, 1.165) is 0 Å². The first-order chi connectivity index (χ1) is 4.34. The number of aromatic hydroxyl groups is 1. The molecule has 0 saturated heterocycles. The van der Waals surface area contributed by atoms with Gasteiger partial charge >= 0.3 is 8.46 Å². The highest BCUT2D eigenvalue weighted by atomic mass is 31.1. The van der Waals surface area contributed by atoms with Gasteiger partial charge in [-0.1, -0.05) is 16.7 Å². The summed E-state index contributed by atoms with van der Waals surface area (Å²) in [5.74, 6) is 0.103. The standard InChI is InChI=1S/C6H5O2P/c7-5-3-1-2-4-6(5)9-8/h1-4,7H/p+1. The zero-order chi connectivity index (χ0) is 6.69. The lowest BCUT2D eigenvalue weighted by atomic mass is 10.3. The summed E-state index contributed by atoms with van der Waals surface area (Å²) in [4.78, 5) is 0. The van der Waals surface area contributed by atoms with Crippen LogP contribution in [0.15, 0.2) is 24.3 Å². The quantitative estimate of drug-likeness (QED) is 0.593. The molecule has 1 unspecified atom stereocenters. The van der Waals surface area contributed by atoms with E-state index in [1.165, 1.54) is 6.07 Å². The van der Waals surface area contributed by atoms with Crippen LogP contribution in [-0.2, 0) is 4.57 Å². The third kappa shape index (κ3) is 1.27. The van der Waals surface area contributed by atoms with Gasteiger partial charge in [0, 0.05) is 0 Å². The maximum atomic E-state index is 10.2. The smallest absolute Gasteiger partial charge is 0.367 e. The van der Waals surface area contributed by atoms with E-state index >= 15 is 0 Å². The summed E-state index contributed by atoms with van der Waals surface area (Å²) >= 11 is 0. The Morgan fingerprint density at radius 3 is 2.44 bits per heavy atom. The highest BCUT2D eigenvalue weighted by Gasteiger charge is 2.03. The van der Waals surface area contributed by atoms with Crippen molar-refractivity contribution in [1.82, 2.24) is 0 Å². The zero-order valence-electron chi connectivity index (χ0n) is 4.66. The van der Waals surface area contributed by atoms with Crippen LogP contribution in [0.1, 0.15) is 0 Å². The Morgan fingerprint density at radius 1 is 1.33 bits per heavy atom. The lowest BCUT2D eigenvalue weighted by Crippen LogP contribution is -1.88. The average Bonchev–Trinajstić information content (AvgIpc) is 1.89. The van der Waals surface area contributed by atoms with E-state index in [2.05, 4.69) is 0 Å². The maximum absolute atomic E-state index is 10.2. The molecule has 46 valence electrons. The highest BCUT2D eigenvalue weighted by molar-refractivity contribution is 7.34. The fourth-order valence-electron chi connectivity index (χ4n) is 0.560. The Morgan fingerprint density at radius 2 is 2.00 bits per heavy atom. The predicted octanol–water partition coefficient (Wildman–Crippen LogP) is 1.04. The Labute approximate surface area is 54.3 Å². The van der Waals surface area contributed by atoms with Crippen LogP contribution >= 0.6 is 8.46 Å². The van der Waals surface area contributed by atoms with Gasteiger partial charge in [0.05, 0.1) is 0 Å². The molecule has 1 aromatic carbocycles. The predicted molar refractivity (Wildman–Crippen MR) is 36.7 cm³/mol. The maximum Gasteiger partial charge on any atom is 0.367 e. The van der Waals surface area contributed by atoms with Crippen molar-refractivity contribution in [3.05, 3.63) is 24.3 Å². The van der Waals surface area contributed by atoms with Crippen LogP contribution in [0, 0.1) is 0 Å². The van der Waals surface area contributed by atoms with Gasteiger partial charge in [0.15, 0.2) is 5.75 Å². The first-order valence-electron chi connectivity index (χ1n) is 2.51. The summed E-state index contributed by atoms with van der Waals surface area (Å²) in [5.41, 5.74) is 0. The van der Waals surface area contributed by atoms with Gasteiger partial charge in [0.25, 0.3) is 0 Å². The van der Waals surface area contributed by atoms with Crippen molar-refractivity contribution >= 4 is 13.8 Å². The Hall–Kier alpha value is -0.880. The molecule has 1 N–H and O–H groups in total. The van der Waals surface area contributed by atoms with E-state index in [1.54, 1.807) is 18.2 Å². The molecule has 9 heavy (non-hydrogen) atoms. The number of rotatable bonds is 1. The molecule has 1 atom stereocenters. The second-order valence-corrected chi connectivity index (χ2v) is 2.36. The monoisotopic (exact) mass is 141 g/mol. The molecule has 0 saturated carbocycles. The molecule has 0 fully saturated rings. The third-order valence-corrected chi connectivity index (χ3v) is 1.66. The second-order valence-electron chi connectivity index (χ2n) is 1.62. The first-order valence-corrected chi connectivity index (χ1v) is 3.41. The molecule has 0 spiro atoms. The van der Waals surface area contributed by atoms with Crippen LogP contribution in [0.25, 0.3) is 0 Å². The van der Waals surface area contributed by atoms with Gasteiger partial charge in [0.1, 0.15) is 0 Å². The normalized spacial score (nSPS) is 9.78. The Bertz CT molecular complexity index is 222. The van der Waals surface area contributed by atoms with Crippen molar-refractivity contribution in [2.75, 3.05) is 0 Å². The minimum absolute atomic E-state index is 0.103. The molecule has 0 bridgehead atoms. The minimum Gasteiger partial charge on any atom is -0.504 e. The second kappa shape index (κ2) is 2.60. The summed E-state index contributed by atoms with van der Waals surface area (Å²) < 4.78 is 10.2. The molecule has 0 aliphatic rings. The van der Waals surface area contributed by atoms with Gasteiger partial charge in [-0.05, 0) is 12.1 Å². The summed E-state index contributed by atoms with van der Waals surface area (Å²) in [5, 5.41) is 9.40. The van der Waals surface area contributed by atoms with Crippen LogP contribution in [0.3, 0.4) is 0 Å². The summed E-state index contributed by atoms with van der Waals surface area (Å²) in [6.45, 7) is 0. The van der Waals surface area contributed by atoms with Crippen LogP contribution in [0.5, 0.6) is 5.75 Å². The van der Waals surface area contributed by atoms with E-state index < -0.39 is 8.46 Å². The summed E-state index contributed by atoms with van der Waals surface area (Å²) in [6, 6.07) is 6.57. The van der Waals surface area contributed by atoms with Crippen LogP contribution in [-0.4, -0.2) is 5.11 Å². The first kappa shape index (κ1) is 6.24. The van der Waals surface area contributed by atoms with Crippen molar-refractivity contribution in [2.45, 2.75) is 0 Å². The molecular formula is C6H6O2P+. The van der Waals surface area contributed by atoms with Crippen LogP contribution in [0.4, 0.5) is 0 Å². The molecule has 2 nitrogen and oxygen atoms in total. The van der Waals surface area contributed by atoms with E-state index in [4.69, 9.17) is 5.11 Å². The number of phenolic OH excluding ortho intramolecular Hbond substituents is 1. The van der Waals surface area contributed by atoms with Gasteiger partial charge in [-0.25, -0.2) is 0 Å². The van der Waals surface area contributed by atoms with Crippen molar-refractivity contribution in [1.29, 1.82) is 0 Å². The Balaban J connectivity index is 3.15. The molecule has 0 heterocycles. The van der Waals surface area contributed by atoms with Crippen molar-refractivity contribution < 1.29 is 9.67 Å². The lowest BCUT2D eigenvalue weighted by Gasteiger charge is -1.84. The van der Waals surface area contributed by atoms with Gasteiger partial charge in [-0.15, -0.1) is 0 Å². The van der Waals surface area contributed by atoms with Gasteiger partial charge < -0.3 is 5.11 Å². The lowest BCUT2D eigenvalue weighted by molar-refractivity contribution is 0.479. The third-order valence-electron chi connectivity index (χ3n) is 1.01. The summed E-state index contributed by atoms with van der Waals surface area (Å²) in [7, 11) is -0.571. The SMILES string of the molecule is O=[PH+]c1ccccc1O. The molecule has 1 rings (SSSR count). The van der Waals surface area contributed by atoms with E-state index in [-0.39, 0.29) is 5.75 Å². The highest BCUT2D eigenvalue weighted by Crippen LogP contribution is 2.08. The fourth-order valence-corrected chi connectivity index (χ4v) is 0.912. The van der Waals surface area contributed by atoms with Crippen molar-refractivity contribution in [3.63, 3.8) is 0 Å². The molecule has 3 heteroatoms. The number of hydrogen-bond acceptors (Lipinski definition) is 2. The molecular weight excluding hydrogens is 135 g/mol. The van der Waals surface area contributed by atoms with E-state index in [0.29, 0.717) is 5.30 Å². The fraction of sp³-hybridized carbons (Fsp3) is 0. The van der Waals surface area contributed by atoms with Crippen LogP contribution < -0.4 is 5.30 Å². The largest absolute Gasteiger partial charge is 0.504 e. The molecule has 0 aliphatic carbocycles. The van der Waals surface area contributed by atoms with Crippen LogP contribution in [0.2, 0.25) is 0 Å². The average molecular weight is 141 g/mol. The van der Waals surface area contributed by atoms with Crippen molar-refractivity contribution in [2.24, 2.45) is 0 Å². The molecule has 0 radical (unpaired) electrons.